The predicted octanol–water partition coefficient (Wildman–Crippen LogP) is 7.35. The van der Waals surface area contributed by atoms with E-state index >= 15 is 0 Å². The highest BCUT2D eigenvalue weighted by Gasteiger charge is 2.65. The molecule has 1 rings (SSSR count). The molecule has 0 atom stereocenters. The zero-order chi connectivity index (χ0) is 12.6. The lowest BCUT2D eigenvalue weighted by Crippen LogP contribution is -2.62. The Morgan fingerprint density at radius 1 is 0.625 bits per heavy atom. The van der Waals surface area contributed by atoms with E-state index in [4.69, 9.17) is 0 Å². The normalized spacial score (nSPS) is 21.2. The van der Waals surface area contributed by atoms with Crippen molar-refractivity contribution in [3.8, 4) is 0 Å². The Morgan fingerprint density at radius 2 is 1.00 bits per heavy atom. The number of hydrogen-bond donors (Lipinski definition) is 0. The van der Waals surface area contributed by atoms with Crippen LogP contribution in [-0.2, 0) is 0 Å². The summed E-state index contributed by atoms with van der Waals surface area (Å²) in [6.45, 7) is 0. The molecular formula is C6H11I7Si3. The Labute approximate surface area is 190 Å². The smallest absolute Gasteiger partial charge is 0.119 e. The largest absolute Gasteiger partial charge is 0.253 e. The van der Waals surface area contributed by atoms with Crippen LogP contribution in [-0.4, -0.2) is 4.77 Å². The first-order valence-electron chi connectivity index (χ1n) is 4.93. The average Bonchev–Trinajstić information content (AvgIpc) is 2.14. The van der Waals surface area contributed by atoms with Crippen LogP contribution >= 0.6 is 153 Å². The summed E-state index contributed by atoms with van der Waals surface area (Å²) in [7, 11) is 0. The summed E-state index contributed by atoms with van der Waals surface area (Å²) < 4.78 is -3.20. The minimum atomic E-state index is -1.08. The van der Waals surface area contributed by atoms with Crippen molar-refractivity contribution in [2.45, 2.75) is 37.6 Å². The van der Waals surface area contributed by atoms with E-state index in [-0.39, 0.29) is 0 Å². The first-order valence-corrected chi connectivity index (χ1v) is 34.8. The van der Waals surface area contributed by atoms with Crippen LogP contribution in [0.3, 0.4) is 0 Å². The highest BCUT2D eigenvalue weighted by atomic mass is 127. The van der Waals surface area contributed by atoms with Gasteiger partial charge in [-0.05, 0) is 5.54 Å². The maximum atomic E-state index is 3.02. The molecule has 0 heterocycles. The van der Waals surface area contributed by atoms with Gasteiger partial charge in [-0.3, -0.25) is 0 Å². The Kier molecular flexibility index (Phi) is 9.95. The fourth-order valence-corrected chi connectivity index (χ4v) is 230. The van der Waals surface area contributed by atoms with Crippen LogP contribution in [0.25, 0.3) is 0 Å². The molecule has 1 saturated carbocycles. The lowest BCUT2D eigenvalue weighted by atomic mass is 10.0. The third-order valence-electron chi connectivity index (χ3n) is 2.99. The summed E-state index contributed by atoms with van der Waals surface area (Å²) in [5.74, 6) is 0. The Morgan fingerprint density at radius 3 is 1.31 bits per heavy atom. The Balaban J connectivity index is 3.04. The van der Waals surface area contributed by atoms with Crippen molar-refractivity contribution >= 4 is 157 Å². The monoisotopic (exact) mass is 1060 g/mol. The molecule has 0 aromatic heterocycles. The summed E-state index contributed by atoms with van der Waals surface area (Å²) in [6.07, 6.45) is 7.59. The second-order valence-corrected chi connectivity index (χ2v) is 115. The van der Waals surface area contributed by atoms with Gasteiger partial charge in [0.25, 0.3) is 0.163 Å². The van der Waals surface area contributed by atoms with Crippen LogP contribution in [0.15, 0.2) is 0 Å². The molecule has 96 valence electrons. The van der Waals surface area contributed by atoms with Crippen LogP contribution in [0.2, 0.25) is 5.54 Å². The van der Waals surface area contributed by atoms with Gasteiger partial charge < -0.3 is 0 Å². The predicted molar refractivity (Wildman–Crippen MR) is 142 cm³/mol. The SMILES string of the molecule is I[Si](I)(I)[Si](I)(C1CCCCC1)[Si](I)(I)I. The summed E-state index contributed by atoms with van der Waals surface area (Å²) in [5, 5.41) is 0. The molecule has 0 nitrogen and oxygen atoms in total. The zero-order valence-corrected chi connectivity index (χ0v) is 26.4. The van der Waals surface area contributed by atoms with Gasteiger partial charge in [-0.2, -0.15) is 0 Å². The van der Waals surface area contributed by atoms with Crippen molar-refractivity contribution in [3.63, 3.8) is 0 Å². The van der Waals surface area contributed by atoms with Crippen LogP contribution in [0.5, 0.6) is 0 Å². The highest BCUT2D eigenvalue weighted by Crippen LogP contribution is 2.61. The fraction of sp³-hybridized carbons (Fsp3) is 1.00. The van der Waals surface area contributed by atoms with Gasteiger partial charge in [0.2, 0.25) is 0 Å². The molecule has 16 heavy (non-hydrogen) atoms. The lowest BCUT2D eigenvalue weighted by Gasteiger charge is -2.44. The molecule has 0 aromatic rings. The van der Waals surface area contributed by atoms with Crippen LogP contribution < -0.4 is 0 Å². The molecule has 0 N–H and O–H groups in total. The Bertz CT molecular complexity index is 227. The van der Waals surface area contributed by atoms with Gasteiger partial charge in [-0.25, -0.2) is 0 Å². The van der Waals surface area contributed by atoms with Gasteiger partial charge in [0, 0.05) is 0 Å². The average molecular weight is 1060 g/mol. The summed E-state index contributed by atoms with van der Waals surface area (Å²) >= 11 is 20.2. The summed E-state index contributed by atoms with van der Waals surface area (Å²) in [4.78, 5) is 0. The molecule has 0 amide bonds. The van der Waals surface area contributed by atoms with E-state index in [9.17, 15) is 0 Å². The van der Waals surface area contributed by atoms with Crippen molar-refractivity contribution < 1.29 is 0 Å². The van der Waals surface area contributed by atoms with Gasteiger partial charge in [0.1, 0.15) is 0 Å². The third-order valence-corrected chi connectivity index (χ3v) is 167. The molecule has 1 aliphatic carbocycles. The highest BCUT2D eigenvalue weighted by molar-refractivity contribution is 14.4. The lowest BCUT2D eigenvalue weighted by molar-refractivity contribution is 0.501. The number of hydrogen-bond acceptors (Lipinski definition) is 0. The molecular weight excluding hydrogens is 1040 g/mol. The van der Waals surface area contributed by atoms with Crippen molar-refractivity contribution in [1.29, 1.82) is 0 Å². The molecule has 10 heteroatoms. The first-order chi connectivity index (χ1) is 7.11. The molecule has 1 fully saturated rings. The van der Waals surface area contributed by atoms with E-state index in [2.05, 4.69) is 153 Å². The minimum absolute atomic E-state index is 1.06. The van der Waals surface area contributed by atoms with Crippen molar-refractivity contribution in [2.75, 3.05) is 0 Å². The van der Waals surface area contributed by atoms with Gasteiger partial charge in [-0.1, -0.05) is 163 Å². The van der Waals surface area contributed by atoms with Crippen molar-refractivity contribution in [1.82, 2.24) is 0 Å². The van der Waals surface area contributed by atoms with E-state index in [0.717, 1.165) is 5.54 Å². The molecule has 1 aliphatic rings. The Hall–Kier alpha value is 5.76. The molecule has 0 aliphatic heterocycles. The van der Waals surface area contributed by atoms with Crippen LogP contribution in [0.4, 0.5) is 0 Å². The van der Waals surface area contributed by atoms with Crippen LogP contribution in [0.1, 0.15) is 32.1 Å². The van der Waals surface area contributed by atoms with Gasteiger partial charge >= 0.3 is 0 Å². The molecule has 0 saturated heterocycles. The van der Waals surface area contributed by atoms with E-state index in [1.807, 2.05) is 0 Å². The van der Waals surface area contributed by atoms with Gasteiger partial charge in [0.15, 0.2) is 4.61 Å². The molecule has 0 unspecified atom stereocenters. The molecule has 0 radical (unpaired) electrons. The standard InChI is InChI=1S/C6H11I7Si3/c7-14(15(8,9)10,16(11,12)13)6-4-2-1-3-5-6/h6H,1-5H2. The van der Waals surface area contributed by atoms with E-state index in [0.29, 0.717) is 0 Å². The topological polar surface area (TPSA) is 0 Å². The van der Waals surface area contributed by atoms with Crippen molar-refractivity contribution in [3.05, 3.63) is 0 Å². The fourth-order valence-electron chi connectivity index (χ4n) is 2.12. The molecule has 0 spiro atoms. The summed E-state index contributed by atoms with van der Waals surface area (Å²) in [5.41, 5.74) is 1.12. The van der Waals surface area contributed by atoms with Crippen LogP contribution in [0, 0.1) is 0 Å². The zero-order valence-electron chi connectivity index (χ0n) is 8.26. The summed E-state index contributed by atoms with van der Waals surface area (Å²) in [6, 6.07) is 0. The van der Waals surface area contributed by atoms with E-state index < -0.39 is 4.77 Å². The third kappa shape index (κ3) is 4.88. The second-order valence-electron chi connectivity index (χ2n) is 4.04. The number of halogens is 7. The van der Waals surface area contributed by atoms with Gasteiger partial charge in [-0.15, -0.1) is 21.8 Å². The molecule has 0 aromatic carbocycles. The first kappa shape index (κ1) is 19.8. The van der Waals surface area contributed by atoms with E-state index in [1.165, 1.54) is 19.3 Å². The second kappa shape index (κ2) is 8.04. The van der Waals surface area contributed by atoms with Gasteiger partial charge in [0.05, 0.1) is 0 Å². The quantitative estimate of drug-likeness (QED) is 0.158. The minimum Gasteiger partial charge on any atom is -0.119 e. The maximum Gasteiger partial charge on any atom is 0.253 e. The molecule has 0 bridgehead atoms. The van der Waals surface area contributed by atoms with Crippen molar-refractivity contribution in [2.24, 2.45) is 0 Å². The maximum absolute atomic E-state index is 3.02. The number of rotatable bonds is 3. The van der Waals surface area contributed by atoms with E-state index in [1.54, 1.807) is 12.8 Å².